The molecule has 1 heterocycles. The predicted octanol–water partition coefficient (Wildman–Crippen LogP) is 7.33. The minimum absolute atomic E-state index is 0.00102. The molecule has 39 heavy (non-hydrogen) atoms. The lowest BCUT2D eigenvalue weighted by Crippen LogP contribution is -2.44. The molecule has 1 aliphatic rings. The van der Waals surface area contributed by atoms with Crippen LogP contribution in [0.4, 0.5) is 0 Å². The van der Waals surface area contributed by atoms with Crippen molar-refractivity contribution < 1.29 is 9.47 Å². The van der Waals surface area contributed by atoms with Crippen molar-refractivity contribution in [2.45, 2.75) is 69.8 Å². The van der Waals surface area contributed by atoms with E-state index in [0.717, 1.165) is 12.8 Å². The summed E-state index contributed by atoms with van der Waals surface area (Å²) in [6.45, 7) is 8.85. The number of hydrogen-bond acceptors (Lipinski definition) is 2. The first-order valence-electron chi connectivity index (χ1n) is 14.2. The molecule has 0 N–H and O–H groups in total. The molecule has 0 radical (unpaired) electrons. The average molecular weight is 555 g/mol. The molecule has 4 heteroatoms. The van der Waals surface area contributed by atoms with Gasteiger partial charge in [0.05, 0.1) is 12.2 Å². The second-order valence-electron chi connectivity index (χ2n) is 10.6. The molecular weight excluding hydrogens is 514 g/mol. The van der Waals surface area contributed by atoms with Crippen LogP contribution >= 0.6 is 15.8 Å². The van der Waals surface area contributed by atoms with Crippen LogP contribution in [0, 0.1) is 0 Å². The number of rotatable bonds is 10. The third kappa shape index (κ3) is 6.37. The largest absolute Gasteiger partial charge is 0.344 e. The van der Waals surface area contributed by atoms with Crippen LogP contribution in [0.15, 0.2) is 121 Å². The SMILES string of the molecule is CC[C@H]([C@H]1OC(C)(C)O[C@@H]1[C@@H](CC)P(c1ccccc1)c1ccccc1)P(c1ccccc1)c1ccccc1. The van der Waals surface area contributed by atoms with Crippen LogP contribution < -0.4 is 21.2 Å². The van der Waals surface area contributed by atoms with Gasteiger partial charge in [0.1, 0.15) is 0 Å². The first-order valence-corrected chi connectivity index (χ1v) is 17.0. The van der Waals surface area contributed by atoms with Crippen molar-refractivity contribution in [1.29, 1.82) is 0 Å². The van der Waals surface area contributed by atoms with E-state index >= 15 is 0 Å². The van der Waals surface area contributed by atoms with Crippen LogP contribution in [0.5, 0.6) is 0 Å². The van der Waals surface area contributed by atoms with E-state index in [1.165, 1.54) is 21.2 Å². The molecule has 0 amide bonds. The summed E-state index contributed by atoms with van der Waals surface area (Å²) in [5, 5.41) is 5.61. The van der Waals surface area contributed by atoms with Gasteiger partial charge in [0.25, 0.3) is 0 Å². The van der Waals surface area contributed by atoms with Crippen LogP contribution in [0.3, 0.4) is 0 Å². The summed E-state index contributed by atoms with van der Waals surface area (Å²) in [6, 6.07) is 44.3. The van der Waals surface area contributed by atoms with Gasteiger partial charge < -0.3 is 9.47 Å². The molecular formula is C35H40O2P2. The molecule has 1 aliphatic heterocycles. The Labute approximate surface area is 237 Å². The Balaban J connectivity index is 1.60. The number of ether oxygens (including phenoxy) is 2. The van der Waals surface area contributed by atoms with Gasteiger partial charge in [-0.05, 0) is 63.8 Å². The molecule has 202 valence electrons. The van der Waals surface area contributed by atoms with E-state index in [0.29, 0.717) is 11.3 Å². The third-order valence-corrected chi connectivity index (χ3v) is 13.6. The quantitative estimate of drug-likeness (QED) is 0.191. The van der Waals surface area contributed by atoms with E-state index in [4.69, 9.17) is 9.47 Å². The van der Waals surface area contributed by atoms with Gasteiger partial charge in [-0.1, -0.05) is 135 Å². The summed E-state index contributed by atoms with van der Waals surface area (Å²) in [4.78, 5) is 0. The minimum Gasteiger partial charge on any atom is -0.344 e. The van der Waals surface area contributed by atoms with Crippen LogP contribution in [-0.4, -0.2) is 29.3 Å². The monoisotopic (exact) mass is 554 g/mol. The molecule has 1 fully saturated rings. The lowest BCUT2D eigenvalue weighted by Gasteiger charge is -2.38. The first-order chi connectivity index (χ1) is 19.0. The van der Waals surface area contributed by atoms with Gasteiger partial charge in [-0.2, -0.15) is 0 Å². The van der Waals surface area contributed by atoms with E-state index in [9.17, 15) is 0 Å². The van der Waals surface area contributed by atoms with Crippen molar-refractivity contribution in [2.24, 2.45) is 0 Å². The fraction of sp³-hybridized carbons (Fsp3) is 0.314. The first kappa shape index (κ1) is 28.2. The minimum atomic E-state index is -0.649. The van der Waals surface area contributed by atoms with E-state index in [2.05, 4.69) is 149 Å². The second kappa shape index (κ2) is 12.9. The van der Waals surface area contributed by atoms with Gasteiger partial charge in [-0.3, -0.25) is 0 Å². The Hall–Kier alpha value is -2.34. The maximum Gasteiger partial charge on any atom is 0.163 e. The Morgan fingerprint density at radius 2 is 0.769 bits per heavy atom. The Bertz CT molecular complexity index is 1100. The molecule has 4 aromatic rings. The van der Waals surface area contributed by atoms with Gasteiger partial charge in [-0.15, -0.1) is 0 Å². The molecule has 0 aromatic heterocycles. The summed E-state index contributed by atoms with van der Waals surface area (Å²) < 4.78 is 13.9. The molecule has 0 aliphatic carbocycles. The van der Waals surface area contributed by atoms with Crippen LogP contribution in [-0.2, 0) is 9.47 Å². The second-order valence-corrected chi connectivity index (χ2v) is 15.5. The van der Waals surface area contributed by atoms with Gasteiger partial charge in [-0.25, -0.2) is 0 Å². The fourth-order valence-electron chi connectivity index (χ4n) is 5.95. The zero-order chi connectivity index (χ0) is 27.2. The number of hydrogen-bond donors (Lipinski definition) is 0. The Kier molecular flexibility index (Phi) is 9.32. The number of benzene rings is 4. The highest BCUT2D eigenvalue weighted by molar-refractivity contribution is 7.74. The summed E-state index contributed by atoms with van der Waals surface area (Å²) in [6.07, 6.45) is 2.06. The van der Waals surface area contributed by atoms with Crippen molar-refractivity contribution in [2.75, 3.05) is 0 Å². The summed E-state index contributed by atoms with van der Waals surface area (Å²) in [5.41, 5.74) is 0.656. The fourth-order valence-corrected chi connectivity index (χ4v) is 11.8. The highest BCUT2D eigenvalue weighted by atomic mass is 31.1. The van der Waals surface area contributed by atoms with E-state index < -0.39 is 21.6 Å². The highest BCUT2D eigenvalue weighted by Crippen LogP contribution is 2.53. The molecule has 4 aromatic carbocycles. The lowest BCUT2D eigenvalue weighted by atomic mass is 10.0. The molecule has 1 saturated heterocycles. The smallest absolute Gasteiger partial charge is 0.163 e. The summed E-state index contributed by atoms with van der Waals surface area (Å²) in [7, 11) is -1.30. The standard InChI is InChI=1S/C35H40O2P2/c1-5-31(38(27-19-11-7-12-20-27)28-21-13-8-14-22-28)33-34(37-35(3,4)36-33)32(6-2)39(29-23-15-9-16-24-29)30-25-17-10-18-26-30/h7-26,31-34H,5-6H2,1-4H3/t31-,32-,33-,34-/m1/s1. The van der Waals surface area contributed by atoms with Crippen molar-refractivity contribution in [3.8, 4) is 0 Å². The van der Waals surface area contributed by atoms with Crippen molar-refractivity contribution >= 4 is 37.1 Å². The maximum absolute atomic E-state index is 6.95. The summed E-state index contributed by atoms with van der Waals surface area (Å²) in [5.74, 6) is -0.626. The molecule has 0 spiro atoms. The van der Waals surface area contributed by atoms with E-state index in [-0.39, 0.29) is 12.2 Å². The third-order valence-electron chi connectivity index (χ3n) is 7.56. The van der Waals surface area contributed by atoms with Crippen molar-refractivity contribution in [1.82, 2.24) is 0 Å². The highest BCUT2D eigenvalue weighted by Gasteiger charge is 2.51. The normalized spacial score (nSPS) is 20.3. The Morgan fingerprint density at radius 3 is 1.00 bits per heavy atom. The molecule has 2 nitrogen and oxygen atoms in total. The topological polar surface area (TPSA) is 18.5 Å². The molecule has 0 bridgehead atoms. The predicted molar refractivity (Wildman–Crippen MR) is 170 cm³/mol. The van der Waals surface area contributed by atoms with Gasteiger partial charge in [0.15, 0.2) is 5.79 Å². The maximum atomic E-state index is 6.95. The zero-order valence-corrected chi connectivity index (χ0v) is 25.3. The average Bonchev–Trinajstić information content (AvgIpc) is 3.30. The van der Waals surface area contributed by atoms with Crippen molar-refractivity contribution in [3.05, 3.63) is 121 Å². The lowest BCUT2D eigenvalue weighted by molar-refractivity contribution is -0.146. The zero-order valence-electron chi connectivity index (χ0n) is 23.5. The van der Waals surface area contributed by atoms with Gasteiger partial charge in [0, 0.05) is 11.3 Å². The summed E-state index contributed by atoms with van der Waals surface area (Å²) >= 11 is 0. The molecule has 0 saturated carbocycles. The molecule has 0 unspecified atom stereocenters. The Morgan fingerprint density at radius 1 is 0.513 bits per heavy atom. The van der Waals surface area contributed by atoms with E-state index in [1.807, 2.05) is 0 Å². The van der Waals surface area contributed by atoms with Crippen LogP contribution in [0.2, 0.25) is 0 Å². The van der Waals surface area contributed by atoms with Crippen LogP contribution in [0.1, 0.15) is 40.5 Å². The van der Waals surface area contributed by atoms with Gasteiger partial charge >= 0.3 is 0 Å². The van der Waals surface area contributed by atoms with Gasteiger partial charge in [0.2, 0.25) is 0 Å². The van der Waals surface area contributed by atoms with Crippen LogP contribution in [0.25, 0.3) is 0 Å². The molecule has 5 rings (SSSR count). The van der Waals surface area contributed by atoms with Crippen molar-refractivity contribution in [3.63, 3.8) is 0 Å². The molecule has 4 atom stereocenters. The van der Waals surface area contributed by atoms with E-state index in [1.54, 1.807) is 0 Å².